The molecule has 1 amide bonds. The molecule has 1 rings (SSSR count). The van der Waals surface area contributed by atoms with Gasteiger partial charge in [0.05, 0.1) is 10.5 Å². The van der Waals surface area contributed by atoms with Gasteiger partial charge in [-0.05, 0) is 29.0 Å². The van der Waals surface area contributed by atoms with Gasteiger partial charge >= 0.3 is 0 Å². The fraction of sp³-hybridized carbons (Fsp3) is 0.300. The molecule has 2 N–H and O–H groups in total. The van der Waals surface area contributed by atoms with Crippen LogP contribution in [0, 0.1) is 10.1 Å². The summed E-state index contributed by atoms with van der Waals surface area (Å²) in [5.41, 5.74) is 0.329. The molecule has 1 aromatic carbocycles. The second-order valence-electron chi connectivity index (χ2n) is 3.28. The number of likely N-dealkylation sites (N-methyl/N-ethyl adjacent to an activating group) is 1. The molecule has 0 saturated carbocycles. The Hall–Kier alpha value is -1.47. The van der Waals surface area contributed by atoms with Crippen LogP contribution < -0.4 is 10.6 Å². The molecule has 0 bridgehead atoms. The van der Waals surface area contributed by atoms with E-state index in [0.717, 1.165) is 0 Å². The standard InChI is InChI=1S/C10H12BrN3O3/c1-12-4-5-13-10(15)8-3-2-7(14(16)17)6-9(8)11/h2-3,6,12H,4-5H2,1H3,(H,13,15). The highest BCUT2D eigenvalue weighted by Crippen LogP contribution is 2.22. The highest BCUT2D eigenvalue weighted by Gasteiger charge is 2.13. The van der Waals surface area contributed by atoms with Crippen molar-refractivity contribution in [2.45, 2.75) is 0 Å². The zero-order valence-electron chi connectivity index (χ0n) is 9.20. The molecule has 7 heteroatoms. The monoisotopic (exact) mass is 301 g/mol. The third kappa shape index (κ3) is 3.79. The van der Waals surface area contributed by atoms with Crippen LogP contribution in [0.25, 0.3) is 0 Å². The number of non-ortho nitro benzene ring substituents is 1. The number of hydrogen-bond acceptors (Lipinski definition) is 4. The van der Waals surface area contributed by atoms with Crippen molar-refractivity contribution in [2.75, 3.05) is 20.1 Å². The summed E-state index contributed by atoms with van der Waals surface area (Å²) >= 11 is 3.14. The number of halogens is 1. The van der Waals surface area contributed by atoms with Crippen molar-refractivity contribution in [3.8, 4) is 0 Å². The Kier molecular flexibility index (Phi) is 5.05. The summed E-state index contributed by atoms with van der Waals surface area (Å²) in [6.45, 7) is 1.16. The van der Waals surface area contributed by atoms with E-state index in [9.17, 15) is 14.9 Å². The average molecular weight is 302 g/mol. The minimum atomic E-state index is -0.507. The van der Waals surface area contributed by atoms with Crippen molar-refractivity contribution in [1.82, 2.24) is 10.6 Å². The first-order chi connectivity index (χ1) is 8.06. The fourth-order valence-corrected chi connectivity index (χ4v) is 1.74. The molecule has 1 aromatic rings. The lowest BCUT2D eigenvalue weighted by molar-refractivity contribution is -0.384. The van der Waals surface area contributed by atoms with Crippen LogP contribution in [0.2, 0.25) is 0 Å². The number of nitro groups is 1. The molecule has 17 heavy (non-hydrogen) atoms. The van der Waals surface area contributed by atoms with E-state index in [-0.39, 0.29) is 11.6 Å². The van der Waals surface area contributed by atoms with Gasteiger partial charge in [0, 0.05) is 29.7 Å². The molecule has 0 heterocycles. The van der Waals surface area contributed by atoms with Crippen LogP contribution in [0.3, 0.4) is 0 Å². The van der Waals surface area contributed by atoms with Gasteiger partial charge in [-0.1, -0.05) is 0 Å². The number of nitrogens with one attached hydrogen (secondary N) is 2. The van der Waals surface area contributed by atoms with E-state index in [1.165, 1.54) is 18.2 Å². The molecular formula is C10H12BrN3O3. The minimum Gasteiger partial charge on any atom is -0.351 e. The normalized spacial score (nSPS) is 10.0. The first kappa shape index (κ1) is 13.6. The molecule has 0 aliphatic carbocycles. The molecule has 0 aromatic heterocycles. The summed E-state index contributed by atoms with van der Waals surface area (Å²) in [6, 6.07) is 4.04. The largest absolute Gasteiger partial charge is 0.351 e. The van der Waals surface area contributed by atoms with Gasteiger partial charge in [0.15, 0.2) is 0 Å². The molecule has 0 aliphatic heterocycles. The van der Waals surface area contributed by atoms with Crippen molar-refractivity contribution in [1.29, 1.82) is 0 Å². The quantitative estimate of drug-likeness (QED) is 0.488. The number of amides is 1. The summed E-state index contributed by atoms with van der Waals surface area (Å²) in [4.78, 5) is 21.7. The van der Waals surface area contributed by atoms with Gasteiger partial charge < -0.3 is 10.6 Å². The number of carbonyl (C=O) groups is 1. The molecule has 0 spiro atoms. The summed E-state index contributed by atoms with van der Waals surface area (Å²) in [7, 11) is 1.79. The fourth-order valence-electron chi connectivity index (χ4n) is 1.20. The maximum absolute atomic E-state index is 11.7. The highest BCUT2D eigenvalue weighted by atomic mass is 79.9. The second kappa shape index (κ2) is 6.31. The Morgan fingerprint density at radius 3 is 2.71 bits per heavy atom. The molecule has 0 unspecified atom stereocenters. The van der Waals surface area contributed by atoms with E-state index in [1.807, 2.05) is 0 Å². The van der Waals surface area contributed by atoms with Crippen molar-refractivity contribution in [3.63, 3.8) is 0 Å². The molecule has 6 nitrogen and oxygen atoms in total. The SMILES string of the molecule is CNCCNC(=O)c1ccc([N+](=O)[O-])cc1Br. The van der Waals surface area contributed by atoms with E-state index < -0.39 is 4.92 Å². The first-order valence-electron chi connectivity index (χ1n) is 4.93. The van der Waals surface area contributed by atoms with E-state index in [0.29, 0.717) is 23.1 Å². The number of carbonyl (C=O) groups excluding carboxylic acids is 1. The van der Waals surface area contributed by atoms with Crippen LogP contribution >= 0.6 is 15.9 Å². The van der Waals surface area contributed by atoms with E-state index in [2.05, 4.69) is 26.6 Å². The lowest BCUT2D eigenvalue weighted by Crippen LogP contribution is -2.30. The lowest BCUT2D eigenvalue weighted by atomic mass is 10.2. The van der Waals surface area contributed by atoms with Crippen LogP contribution in [0.15, 0.2) is 22.7 Å². The number of nitro benzene ring substituents is 1. The summed E-state index contributed by atoms with van der Waals surface area (Å²) in [5.74, 6) is -0.262. The molecule has 0 radical (unpaired) electrons. The minimum absolute atomic E-state index is 0.0522. The van der Waals surface area contributed by atoms with E-state index in [4.69, 9.17) is 0 Å². The van der Waals surface area contributed by atoms with Crippen LogP contribution in [0.1, 0.15) is 10.4 Å². The van der Waals surface area contributed by atoms with E-state index in [1.54, 1.807) is 7.05 Å². The molecule has 0 atom stereocenters. The van der Waals surface area contributed by atoms with Gasteiger partial charge in [-0.25, -0.2) is 0 Å². The lowest BCUT2D eigenvalue weighted by Gasteiger charge is -2.06. The predicted molar refractivity (Wildman–Crippen MR) is 67.1 cm³/mol. The highest BCUT2D eigenvalue weighted by molar-refractivity contribution is 9.10. The Morgan fingerprint density at radius 1 is 1.47 bits per heavy atom. The second-order valence-corrected chi connectivity index (χ2v) is 4.14. The number of nitrogens with zero attached hydrogens (tertiary/aromatic N) is 1. The third-order valence-corrected chi connectivity index (χ3v) is 2.72. The zero-order chi connectivity index (χ0) is 12.8. The summed E-state index contributed by atoms with van der Waals surface area (Å²) < 4.78 is 0.411. The van der Waals surface area contributed by atoms with Crippen molar-refractivity contribution in [2.24, 2.45) is 0 Å². The van der Waals surface area contributed by atoms with Crippen molar-refractivity contribution in [3.05, 3.63) is 38.3 Å². The molecular weight excluding hydrogens is 290 g/mol. The van der Waals surface area contributed by atoms with Gasteiger partial charge in [-0.3, -0.25) is 14.9 Å². The Balaban J connectivity index is 2.78. The first-order valence-corrected chi connectivity index (χ1v) is 5.72. The van der Waals surface area contributed by atoms with Gasteiger partial charge in [-0.15, -0.1) is 0 Å². The number of rotatable bonds is 5. The maximum atomic E-state index is 11.7. The average Bonchev–Trinajstić information content (AvgIpc) is 2.28. The molecule has 0 aliphatic rings. The molecule has 92 valence electrons. The van der Waals surface area contributed by atoms with Crippen LogP contribution in [-0.4, -0.2) is 31.0 Å². The maximum Gasteiger partial charge on any atom is 0.270 e. The predicted octanol–water partition coefficient (Wildman–Crippen LogP) is 1.31. The molecule has 0 fully saturated rings. The van der Waals surface area contributed by atoms with Gasteiger partial charge in [0.1, 0.15) is 0 Å². The van der Waals surface area contributed by atoms with Crippen LogP contribution in [-0.2, 0) is 0 Å². The summed E-state index contributed by atoms with van der Waals surface area (Å²) in [5, 5.41) is 16.1. The Labute approximate surface area is 107 Å². The van der Waals surface area contributed by atoms with Crippen molar-refractivity contribution >= 4 is 27.5 Å². The van der Waals surface area contributed by atoms with Gasteiger partial charge in [0.25, 0.3) is 11.6 Å². The Morgan fingerprint density at radius 2 is 2.18 bits per heavy atom. The van der Waals surface area contributed by atoms with E-state index >= 15 is 0 Å². The number of benzene rings is 1. The Bertz CT molecular complexity index is 437. The number of hydrogen-bond donors (Lipinski definition) is 2. The van der Waals surface area contributed by atoms with Crippen LogP contribution in [0.4, 0.5) is 5.69 Å². The molecule has 0 saturated heterocycles. The van der Waals surface area contributed by atoms with Gasteiger partial charge in [-0.2, -0.15) is 0 Å². The summed E-state index contributed by atoms with van der Waals surface area (Å²) in [6.07, 6.45) is 0. The zero-order valence-corrected chi connectivity index (χ0v) is 10.8. The van der Waals surface area contributed by atoms with Crippen molar-refractivity contribution < 1.29 is 9.72 Å². The van der Waals surface area contributed by atoms with Gasteiger partial charge in [0.2, 0.25) is 0 Å². The van der Waals surface area contributed by atoms with Crippen LogP contribution in [0.5, 0.6) is 0 Å². The third-order valence-electron chi connectivity index (χ3n) is 2.07. The smallest absolute Gasteiger partial charge is 0.270 e. The topological polar surface area (TPSA) is 84.3 Å².